The third-order valence-electron chi connectivity index (χ3n) is 3.81. The summed E-state index contributed by atoms with van der Waals surface area (Å²) < 4.78 is 11.2. The van der Waals surface area contributed by atoms with E-state index in [2.05, 4.69) is 10.3 Å². The van der Waals surface area contributed by atoms with Crippen molar-refractivity contribution in [3.63, 3.8) is 0 Å². The van der Waals surface area contributed by atoms with E-state index in [0.717, 1.165) is 29.2 Å². The van der Waals surface area contributed by atoms with Gasteiger partial charge in [0.05, 0.1) is 7.11 Å². The van der Waals surface area contributed by atoms with Gasteiger partial charge in [-0.1, -0.05) is 18.2 Å². The van der Waals surface area contributed by atoms with Crippen molar-refractivity contribution in [2.24, 2.45) is 0 Å². The zero-order valence-electron chi connectivity index (χ0n) is 13.5. The number of nitrogens with one attached hydrogen (secondary N) is 1. The predicted molar refractivity (Wildman–Crippen MR) is 94.8 cm³/mol. The zero-order valence-corrected chi connectivity index (χ0v) is 14.3. The molecule has 1 aliphatic heterocycles. The highest BCUT2D eigenvalue weighted by Gasteiger charge is 2.21. The number of carbonyl (C=O) groups is 1. The van der Waals surface area contributed by atoms with Gasteiger partial charge in [-0.25, -0.2) is 4.98 Å². The van der Waals surface area contributed by atoms with Crippen LogP contribution in [0.2, 0.25) is 0 Å². The molecule has 5 nitrogen and oxygen atoms in total. The minimum atomic E-state index is -0.199. The number of pyridine rings is 1. The smallest absolute Gasteiger partial charge is 0.257 e. The maximum Gasteiger partial charge on any atom is 0.257 e. The van der Waals surface area contributed by atoms with E-state index in [-0.39, 0.29) is 12.0 Å². The first-order valence-electron chi connectivity index (χ1n) is 7.87. The molecule has 1 aliphatic rings. The number of nitrogens with zero attached hydrogens (tertiary/aromatic N) is 1. The van der Waals surface area contributed by atoms with Gasteiger partial charge >= 0.3 is 0 Å². The summed E-state index contributed by atoms with van der Waals surface area (Å²) >= 11 is 1.86. The predicted octanol–water partition coefficient (Wildman–Crippen LogP) is 2.90. The molecule has 1 fully saturated rings. The van der Waals surface area contributed by atoms with Crippen LogP contribution in [0.25, 0.3) is 0 Å². The van der Waals surface area contributed by atoms with Crippen molar-refractivity contribution < 1.29 is 14.3 Å². The van der Waals surface area contributed by atoms with E-state index >= 15 is 0 Å². The molecule has 6 heteroatoms. The Morgan fingerprint density at radius 1 is 1.33 bits per heavy atom. The number of aromatic nitrogens is 1. The summed E-state index contributed by atoms with van der Waals surface area (Å²) in [5, 5.41) is 2.91. The van der Waals surface area contributed by atoms with Gasteiger partial charge in [-0.2, -0.15) is 11.8 Å². The number of rotatable bonds is 6. The Morgan fingerprint density at radius 3 is 3.00 bits per heavy atom. The standard InChI is InChI=1S/C18H20N2O3S/c1-22-16-7-3-2-5-13(16)11-20-17(21)15-6-4-9-19-18(15)23-14-8-10-24-12-14/h2-7,9,14H,8,10-12H2,1H3,(H,20,21)/t14-/m1/s1. The van der Waals surface area contributed by atoms with E-state index in [1.54, 1.807) is 25.4 Å². The molecule has 2 heterocycles. The van der Waals surface area contributed by atoms with E-state index in [9.17, 15) is 4.79 Å². The molecule has 0 bridgehead atoms. The van der Waals surface area contributed by atoms with E-state index in [1.165, 1.54) is 0 Å². The quantitative estimate of drug-likeness (QED) is 0.873. The number of amides is 1. The summed E-state index contributed by atoms with van der Waals surface area (Å²) in [6.07, 6.45) is 2.77. The molecule has 126 valence electrons. The van der Waals surface area contributed by atoms with Crippen molar-refractivity contribution in [3.8, 4) is 11.6 Å². The number of methoxy groups -OCH3 is 1. The monoisotopic (exact) mass is 344 g/mol. The van der Waals surface area contributed by atoms with Crippen molar-refractivity contribution in [2.75, 3.05) is 18.6 Å². The van der Waals surface area contributed by atoms with E-state index < -0.39 is 0 Å². The molecule has 1 aromatic heterocycles. The highest BCUT2D eigenvalue weighted by molar-refractivity contribution is 7.99. The molecular weight excluding hydrogens is 324 g/mol. The Hall–Kier alpha value is -2.21. The second-order valence-corrected chi connectivity index (χ2v) is 6.60. The lowest BCUT2D eigenvalue weighted by Crippen LogP contribution is -2.25. The van der Waals surface area contributed by atoms with E-state index in [1.807, 2.05) is 36.0 Å². The Balaban J connectivity index is 1.68. The molecule has 0 unspecified atom stereocenters. The molecule has 1 atom stereocenters. The highest BCUT2D eigenvalue weighted by Crippen LogP contribution is 2.24. The number of ether oxygens (including phenoxy) is 2. The molecule has 0 radical (unpaired) electrons. The van der Waals surface area contributed by atoms with Gasteiger partial charge in [0.15, 0.2) is 0 Å². The Kier molecular flexibility index (Phi) is 5.59. The molecule has 0 saturated carbocycles. The van der Waals surface area contributed by atoms with E-state index in [0.29, 0.717) is 18.0 Å². The van der Waals surface area contributed by atoms with Crippen LogP contribution in [-0.4, -0.2) is 35.6 Å². The van der Waals surface area contributed by atoms with Crippen molar-refractivity contribution in [2.45, 2.75) is 19.1 Å². The van der Waals surface area contributed by atoms with Gasteiger partial charge < -0.3 is 14.8 Å². The second kappa shape index (κ2) is 8.06. The van der Waals surface area contributed by atoms with Crippen LogP contribution < -0.4 is 14.8 Å². The fraction of sp³-hybridized carbons (Fsp3) is 0.333. The van der Waals surface area contributed by atoms with Gasteiger partial charge in [-0.05, 0) is 30.4 Å². The van der Waals surface area contributed by atoms with Crippen molar-refractivity contribution in [3.05, 3.63) is 53.7 Å². The Bertz CT molecular complexity index is 702. The van der Waals surface area contributed by atoms with Crippen LogP contribution >= 0.6 is 11.8 Å². The Morgan fingerprint density at radius 2 is 2.21 bits per heavy atom. The topological polar surface area (TPSA) is 60.5 Å². The molecule has 1 aromatic carbocycles. The maximum absolute atomic E-state index is 12.5. The van der Waals surface area contributed by atoms with Gasteiger partial charge in [0, 0.05) is 24.1 Å². The number of benzene rings is 1. The molecule has 1 amide bonds. The highest BCUT2D eigenvalue weighted by atomic mass is 32.2. The third-order valence-corrected chi connectivity index (χ3v) is 4.95. The molecule has 0 spiro atoms. The summed E-state index contributed by atoms with van der Waals surface area (Å²) in [6, 6.07) is 11.1. The van der Waals surface area contributed by atoms with Gasteiger partial charge in [-0.3, -0.25) is 4.79 Å². The summed E-state index contributed by atoms with van der Waals surface area (Å²) in [5.41, 5.74) is 1.39. The first-order chi connectivity index (χ1) is 11.8. The molecular formula is C18H20N2O3S. The summed E-state index contributed by atoms with van der Waals surface area (Å²) in [6.45, 7) is 0.385. The minimum absolute atomic E-state index is 0.130. The first kappa shape index (κ1) is 16.6. The lowest BCUT2D eigenvalue weighted by molar-refractivity contribution is 0.0943. The van der Waals surface area contributed by atoms with Crippen LogP contribution in [0.5, 0.6) is 11.6 Å². The lowest BCUT2D eigenvalue weighted by Gasteiger charge is -2.15. The van der Waals surface area contributed by atoms with Crippen molar-refractivity contribution in [1.82, 2.24) is 10.3 Å². The first-order valence-corrected chi connectivity index (χ1v) is 9.03. The minimum Gasteiger partial charge on any atom is -0.496 e. The average Bonchev–Trinajstić information content (AvgIpc) is 3.13. The molecule has 1 saturated heterocycles. The van der Waals surface area contributed by atoms with Gasteiger partial charge in [0.2, 0.25) is 5.88 Å². The van der Waals surface area contributed by atoms with Crippen LogP contribution in [0.1, 0.15) is 22.3 Å². The maximum atomic E-state index is 12.5. The fourth-order valence-corrected chi connectivity index (χ4v) is 3.63. The van der Waals surface area contributed by atoms with Crippen LogP contribution in [0, 0.1) is 0 Å². The molecule has 2 aromatic rings. The van der Waals surface area contributed by atoms with Crippen LogP contribution in [0.4, 0.5) is 0 Å². The second-order valence-electron chi connectivity index (χ2n) is 5.45. The number of thioether (sulfide) groups is 1. The third kappa shape index (κ3) is 4.00. The number of carbonyl (C=O) groups excluding carboxylic acids is 1. The molecule has 1 N–H and O–H groups in total. The average molecular weight is 344 g/mol. The van der Waals surface area contributed by atoms with Gasteiger partial charge in [0.25, 0.3) is 5.91 Å². The van der Waals surface area contributed by atoms with Crippen LogP contribution in [0.15, 0.2) is 42.6 Å². The van der Waals surface area contributed by atoms with Crippen molar-refractivity contribution >= 4 is 17.7 Å². The van der Waals surface area contributed by atoms with Crippen molar-refractivity contribution in [1.29, 1.82) is 0 Å². The SMILES string of the molecule is COc1ccccc1CNC(=O)c1cccnc1O[C@@H]1CCSC1. The molecule has 0 aliphatic carbocycles. The van der Waals surface area contributed by atoms with Gasteiger partial charge in [0.1, 0.15) is 17.4 Å². The Labute approximate surface area is 145 Å². The zero-order chi connectivity index (χ0) is 16.8. The molecule has 3 rings (SSSR count). The van der Waals surface area contributed by atoms with Crippen LogP contribution in [0.3, 0.4) is 0 Å². The van der Waals surface area contributed by atoms with Crippen LogP contribution in [-0.2, 0) is 6.54 Å². The summed E-state index contributed by atoms with van der Waals surface area (Å²) in [7, 11) is 1.62. The van der Waals surface area contributed by atoms with Gasteiger partial charge in [-0.15, -0.1) is 0 Å². The molecule has 24 heavy (non-hydrogen) atoms. The normalized spacial score (nSPS) is 16.6. The number of hydrogen-bond donors (Lipinski definition) is 1. The number of para-hydroxylation sites is 1. The fourth-order valence-electron chi connectivity index (χ4n) is 2.54. The largest absolute Gasteiger partial charge is 0.496 e. The number of hydrogen-bond acceptors (Lipinski definition) is 5. The van der Waals surface area contributed by atoms with E-state index in [4.69, 9.17) is 9.47 Å². The lowest BCUT2D eigenvalue weighted by atomic mass is 10.2. The summed E-state index contributed by atoms with van der Waals surface area (Å²) in [4.78, 5) is 16.8. The summed E-state index contributed by atoms with van der Waals surface area (Å²) in [5.74, 6) is 2.99.